The molecule has 0 fully saturated rings. The number of amides is 2. The fraction of sp³-hybridized carbons (Fsp3) is 0.444. The number of methoxy groups -OCH3 is 1. The Balaban J connectivity index is 1.83. The van der Waals surface area contributed by atoms with Gasteiger partial charge in [0.1, 0.15) is 11.7 Å². The fourth-order valence-electron chi connectivity index (χ4n) is 3.72. The lowest BCUT2D eigenvalue weighted by atomic mass is 9.97. The third-order valence-electron chi connectivity index (χ3n) is 5.67. The van der Waals surface area contributed by atoms with Crippen LogP contribution in [0.5, 0.6) is 5.75 Å². The molecule has 0 heterocycles. The number of rotatable bonds is 15. The number of nitrogens with one attached hydrogen (secondary N) is 2. The first kappa shape index (κ1) is 26.9. The highest BCUT2D eigenvalue weighted by atomic mass is 16.5. The van der Waals surface area contributed by atoms with E-state index in [1.54, 1.807) is 48.5 Å². The molecule has 3 N–H and O–H groups in total. The molecule has 2 amide bonds. The van der Waals surface area contributed by atoms with E-state index in [0.717, 1.165) is 19.3 Å². The molecule has 0 aliphatic carbocycles. The second-order valence-corrected chi connectivity index (χ2v) is 8.39. The summed E-state index contributed by atoms with van der Waals surface area (Å²) in [5.74, 6) is -2.59. The molecule has 0 radical (unpaired) electrons. The van der Waals surface area contributed by atoms with Crippen LogP contribution in [0.2, 0.25) is 0 Å². The molecule has 34 heavy (non-hydrogen) atoms. The monoisotopic (exact) mass is 468 g/mol. The average molecular weight is 469 g/mol. The van der Waals surface area contributed by atoms with Crippen LogP contribution < -0.4 is 15.4 Å². The number of hydrogen-bond acceptors (Lipinski definition) is 4. The van der Waals surface area contributed by atoms with Crippen LogP contribution in [0, 0.1) is 5.92 Å². The van der Waals surface area contributed by atoms with E-state index < -0.39 is 17.8 Å². The number of carboxylic acid groups (broad SMARTS) is 1. The maximum Gasteiger partial charge on any atom is 0.316 e. The molecule has 2 aromatic rings. The Morgan fingerprint density at radius 3 is 2.06 bits per heavy atom. The number of para-hydroxylation sites is 1. The van der Waals surface area contributed by atoms with Crippen molar-refractivity contribution in [3.8, 4) is 5.75 Å². The molecule has 0 saturated heterocycles. The van der Waals surface area contributed by atoms with E-state index in [2.05, 4.69) is 17.6 Å². The van der Waals surface area contributed by atoms with Crippen molar-refractivity contribution in [2.45, 2.75) is 64.7 Å². The second kappa shape index (κ2) is 14.7. The highest BCUT2D eigenvalue weighted by molar-refractivity contribution is 6.04. The van der Waals surface area contributed by atoms with Crippen molar-refractivity contribution in [3.63, 3.8) is 0 Å². The van der Waals surface area contributed by atoms with Crippen LogP contribution in [-0.2, 0) is 20.8 Å². The van der Waals surface area contributed by atoms with Gasteiger partial charge < -0.3 is 20.5 Å². The molecule has 0 saturated carbocycles. The largest absolute Gasteiger partial charge is 0.496 e. The lowest BCUT2D eigenvalue weighted by Crippen LogP contribution is -2.31. The van der Waals surface area contributed by atoms with Crippen LogP contribution in [0.1, 0.15) is 63.9 Å². The number of ether oxygens (including phenoxy) is 1. The lowest BCUT2D eigenvalue weighted by molar-refractivity contribution is -0.145. The zero-order valence-corrected chi connectivity index (χ0v) is 20.1. The molecule has 0 aromatic heterocycles. The number of hydrogen-bond donors (Lipinski definition) is 3. The molecule has 0 spiro atoms. The van der Waals surface area contributed by atoms with Crippen molar-refractivity contribution in [3.05, 3.63) is 54.1 Å². The number of carbonyl (C=O) groups excluding carboxylic acids is 2. The number of aliphatic carboxylic acids is 1. The highest BCUT2D eigenvalue weighted by Gasteiger charge is 2.27. The summed E-state index contributed by atoms with van der Waals surface area (Å²) in [5.41, 5.74) is 1.74. The smallest absolute Gasteiger partial charge is 0.316 e. The summed E-state index contributed by atoms with van der Waals surface area (Å²) in [6.07, 6.45) is 8.58. The van der Waals surface area contributed by atoms with Gasteiger partial charge in [0.05, 0.1) is 7.11 Å². The molecule has 7 heteroatoms. The Bertz CT molecular complexity index is 927. The van der Waals surface area contributed by atoms with Gasteiger partial charge in [0, 0.05) is 17.8 Å². The van der Waals surface area contributed by atoms with Gasteiger partial charge in [-0.25, -0.2) is 0 Å². The van der Waals surface area contributed by atoms with Gasteiger partial charge in [0.2, 0.25) is 11.8 Å². The van der Waals surface area contributed by atoms with Gasteiger partial charge in [-0.05, 0) is 48.7 Å². The summed E-state index contributed by atoms with van der Waals surface area (Å²) in [4.78, 5) is 36.5. The van der Waals surface area contributed by atoms with E-state index in [-0.39, 0.29) is 12.3 Å². The van der Waals surface area contributed by atoms with Crippen LogP contribution in [0.25, 0.3) is 0 Å². The first-order valence-corrected chi connectivity index (χ1v) is 12.0. The Morgan fingerprint density at radius 2 is 1.44 bits per heavy atom. The van der Waals surface area contributed by atoms with E-state index in [1.807, 2.05) is 0 Å². The SMILES string of the molecule is CCCCCCCCCC(=O)Nc1ccc(NC(=O)C(Cc2ccccc2OC)C(=O)O)cc1. The van der Waals surface area contributed by atoms with Gasteiger partial charge in [-0.1, -0.05) is 63.6 Å². The Labute approximate surface area is 201 Å². The van der Waals surface area contributed by atoms with Gasteiger partial charge in [-0.15, -0.1) is 0 Å². The summed E-state index contributed by atoms with van der Waals surface area (Å²) in [6, 6.07) is 13.7. The Hall–Kier alpha value is -3.35. The fourth-order valence-corrected chi connectivity index (χ4v) is 3.72. The van der Waals surface area contributed by atoms with Gasteiger partial charge in [0.25, 0.3) is 0 Å². The molecule has 2 rings (SSSR count). The van der Waals surface area contributed by atoms with E-state index >= 15 is 0 Å². The summed E-state index contributed by atoms with van der Waals surface area (Å²) in [5, 5.41) is 15.1. The molecule has 1 atom stereocenters. The predicted molar refractivity (Wildman–Crippen MR) is 134 cm³/mol. The first-order chi connectivity index (χ1) is 16.4. The number of anilines is 2. The zero-order valence-electron chi connectivity index (χ0n) is 20.1. The normalized spacial score (nSPS) is 11.5. The minimum Gasteiger partial charge on any atom is -0.496 e. The number of benzene rings is 2. The molecule has 184 valence electrons. The van der Waals surface area contributed by atoms with E-state index in [9.17, 15) is 19.5 Å². The number of unbranched alkanes of at least 4 members (excludes halogenated alkanes) is 6. The van der Waals surface area contributed by atoms with Crippen LogP contribution >= 0.6 is 0 Å². The van der Waals surface area contributed by atoms with Crippen LogP contribution in [0.3, 0.4) is 0 Å². The minimum atomic E-state index is -1.27. The van der Waals surface area contributed by atoms with Crippen molar-refractivity contribution in [2.24, 2.45) is 5.92 Å². The second-order valence-electron chi connectivity index (χ2n) is 8.39. The highest BCUT2D eigenvalue weighted by Crippen LogP contribution is 2.22. The van der Waals surface area contributed by atoms with Crippen molar-refractivity contribution < 1.29 is 24.2 Å². The molecular weight excluding hydrogens is 432 g/mol. The predicted octanol–water partition coefficient (Wildman–Crippen LogP) is 5.66. The topological polar surface area (TPSA) is 105 Å². The van der Waals surface area contributed by atoms with Crippen molar-refractivity contribution >= 4 is 29.2 Å². The maximum absolute atomic E-state index is 12.6. The molecule has 0 aliphatic rings. The van der Waals surface area contributed by atoms with E-state index in [0.29, 0.717) is 29.1 Å². The van der Waals surface area contributed by atoms with Crippen LogP contribution in [-0.4, -0.2) is 30.0 Å². The van der Waals surface area contributed by atoms with Gasteiger partial charge in [-0.2, -0.15) is 0 Å². The summed E-state index contributed by atoms with van der Waals surface area (Å²) in [6.45, 7) is 2.20. The molecule has 0 bridgehead atoms. The Kier molecular flexibility index (Phi) is 11.7. The van der Waals surface area contributed by atoms with Crippen molar-refractivity contribution in [2.75, 3.05) is 17.7 Å². The zero-order chi connectivity index (χ0) is 24.8. The minimum absolute atomic E-state index is 0.0118. The number of carboxylic acids is 1. The number of carbonyl (C=O) groups is 3. The van der Waals surface area contributed by atoms with E-state index in [1.165, 1.54) is 32.8 Å². The van der Waals surface area contributed by atoms with E-state index in [4.69, 9.17) is 4.74 Å². The summed E-state index contributed by atoms with van der Waals surface area (Å²) < 4.78 is 5.26. The summed E-state index contributed by atoms with van der Waals surface area (Å²) >= 11 is 0. The van der Waals surface area contributed by atoms with Crippen LogP contribution in [0.15, 0.2) is 48.5 Å². The van der Waals surface area contributed by atoms with Crippen molar-refractivity contribution in [1.29, 1.82) is 0 Å². The molecule has 1 unspecified atom stereocenters. The third kappa shape index (κ3) is 9.25. The molecule has 0 aliphatic heterocycles. The average Bonchev–Trinajstić information content (AvgIpc) is 2.83. The standard InChI is InChI=1S/C27H36N2O5/c1-3-4-5-6-7-8-9-14-25(30)28-21-15-17-22(18-16-21)29-26(31)23(27(32)33)19-20-12-10-11-13-24(20)34-2/h10-13,15-18,23H,3-9,14,19H2,1-2H3,(H,28,30)(H,29,31)(H,32,33). The van der Waals surface area contributed by atoms with Crippen LogP contribution in [0.4, 0.5) is 11.4 Å². The summed E-state index contributed by atoms with van der Waals surface area (Å²) in [7, 11) is 1.50. The van der Waals surface area contributed by atoms with Gasteiger partial charge in [-0.3, -0.25) is 14.4 Å². The lowest BCUT2D eigenvalue weighted by Gasteiger charge is -2.15. The third-order valence-corrected chi connectivity index (χ3v) is 5.67. The van der Waals surface area contributed by atoms with Crippen molar-refractivity contribution in [1.82, 2.24) is 0 Å². The van der Waals surface area contributed by atoms with Gasteiger partial charge >= 0.3 is 5.97 Å². The molecular formula is C27H36N2O5. The molecule has 2 aromatic carbocycles. The quantitative estimate of drug-likeness (QED) is 0.231. The first-order valence-electron chi connectivity index (χ1n) is 12.0. The Morgan fingerprint density at radius 1 is 0.853 bits per heavy atom. The maximum atomic E-state index is 12.6. The van der Waals surface area contributed by atoms with Gasteiger partial charge in [0.15, 0.2) is 0 Å². The molecule has 7 nitrogen and oxygen atoms in total.